The molecule has 0 N–H and O–H groups in total. The first-order valence-corrected chi connectivity index (χ1v) is 4.58. The summed E-state index contributed by atoms with van der Waals surface area (Å²) >= 11 is 0. The molecular weight excluding hydrogens is 184 g/mol. The van der Waals surface area contributed by atoms with Crippen LogP contribution in [-0.2, 0) is 19.1 Å². The first-order chi connectivity index (χ1) is 6.40. The minimum absolute atomic E-state index is 0.241. The van der Waals surface area contributed by atoms with Crippen LogP contribution in [0.5, 0.6) is 0 Å². The Labute approximate surface area is 84.6 Å². The zero-order valence-electron chi connectivity index (χ0n) is 9.42. The molecule has 0 spiro atoms. The molecule has 0 saturated heterocycles. The lowest BCUT2D eigenvalue weighted by atomic mass is 9.90. The third kappa shape index (κ3) is 2.80. The van der Waals surface area contributed by atoms with E-state index in [9.17, 15) is 9.59 Å². The second-order valence-corrected chi connectivity index (χ2v) is 3.56. The third-order valence-corrected chi connectivity index (χ3v) is 2.31. The number of Topliss-reactive ketones (excluding diaryl/α,β-unsaturated/α-hetero) is 1. The topological polar surface area (TPSA) is 52.6 Å². The summed E-state index contributed by atoms with van der Waals surface area (Å²) in [5, 5.41) is 0. The van der Waals surface area contributed by atoms with Crippen LogP contribution in [0, 0.1) is 5.92 Å². The molecule has 82 valence electrons. The number of carbonyl (C=O) groups is 2. The van der Waals surface area contributed by atoms with Gasteiger partial charge in [-0.15, -0.1) is 0 Å². The molecule has 4 nitrogen and oxygen atoms in total. The molecule has 0 saturated carbocycles. The van der Waals surface area contributed by atoms with E-state index in [-0.39, 0.29) is 5.78 Å². The van der Waals surface area contributed by atoms with Crippen molar-refractivity contribution in [2.45, 2.75) is 32.8 Å². The molecule has 0 rings (SSSR count). The zero-order chi connectivity index (χ0) is 11.4. The van der Waals surface area contributed by atoms with Gasteiger partial charge in [0, 0.05) is 7.11 Å². The number of hydrogen-bond acceptors (Lipinski definition) is 4. The number of esters is 1. The average Bonchev–Trinajstić information content (AvgIpc) is 2.18. The molecule has 0 aliphatic rings. The van der Waals surface area contributed by atoms with Crippen molar-refractivity contribution in [2.75, 3.05) is 14.2 Å². The second kappa shape index (κ2) is 5.10. The van der Waals surface area contributed by atoms with E-state index < -0.39 is 17.5 Å². The molecule has 0 radical (unpaired) electrons. The fourth-order valence-electron chi connectivity index (χ4n) is 1.12. The highest BCUT2D eigenvalue weighted by Gasteiger charge is 2.37. The number of carbonyl (C=O) groups excluding carboxylic acids is 2. The maximum atomic E-state index is 11.8. The molecule has 4 heteroatoms. The van der Waals surface area contributed by atoms with Crippen molar-refractivity contribution in [1.29, 1.82) is 0 Å². The van der Waals surface area contributed by atoms with Crippen LogP contribution >= 0.6 is 0 Å². The monoisotopic (exact) mass is 202 g/mol. The fourth-order valence-corrected chi connectivity index (χ4v) is 1.12. The standard InChI is InChI=1S/C10H18O4/c1-6-7(9(12)13-4)8(11)10(2,3)14-5/h7H,6H2,1-5H3. The Bertz CT molecular complexity index is 220. The Balaban J connectivity index is 4.71. The number of rotatable bonds is 5. The van der Waals surface area contributed by atoms with E-state index in [4.69, 9.17) is 4.74 Å². The summed E-state index contributed by atoms with van der Waals surface area (Å²) in [6, 6.07) is 0. The molecule has 1 unspecified atom stereocenters. The molecule has 0 fully saturated rings. The molecule has 0 aromatic rings. The summed E-state index contributed by atoms with van der Waals surface area (Å²) in [6.07, 6.45) is 0.429. The SMILES string of the molecule is CCC(C(=O)OC)C(=O)C(C)(C)OC. The maximum Gasteiger partial charge on any atom is 0.316 e. The molecular formula is C10H18O4. The molecule has 0 amide bonds. The first kappa shape index (κ1) is 13.1. The zero-order valence-corrected chi connectivity index (χ0v) is 9.42. The summed E-state index contributed by atoms with van der Waals surface area (Å²) in [4.78, 5) is 23.1. The van der Waals surface area contributed by atoms with Crippen LogP contribution in [0.1, 0.15) is 27.2 Å². The lowest BCUT2D eigenvalue weighted by Crippen LogP contribution is -2.41. The summed E-state index contributed by atoms with van der Waals surface area (Å²) in [5.41, 5.74) is -0.936. The van der Waals surface area contributed by atoms with Gasteiger partial charge >= 0.3 is 5.97 Å². The summed E-state index contributed by atoms with van der Waals surface area (Å²) in [7, 11) is 2.72. The molecule has 0 aliphatic heterocycles. The molecule has 0 aromatic carbocycles. The van der Waals surface area contributed by atoms with Crippen LogP contribution in [-0.4, -0.2) is 31.6 Å². The van der Waals surface area contributed by atoms with Crippen LogP contribution in [0.3, 0.4) is 0 Å². The van der Waals surface area contributed by atoms with Crippen LogP contribution in [0.2, 0.25) is 0 Å². The van der Waals surface area contributed by atoms with E-state index in [1.165, 1.54) is 14.2 Å². The summed E-state index contributed by atoms with van der Waals surface area (Å²) < 4.78 is 9.57. The fraction of sp³-hybridized carbons (Fsp3) is 0.800. The van der Waals surface area contributed by atoms with Crippen LogP contribution in [0.15, 0.2) is 0 Å². The highest BCUT2D eigenvalue weighted by Crippen LogP contribution is 2.18. The predicted molar refractivity (Wildman–Crippen MR) is 51.9 cm³/mol. The number of hydrogen-bond donors (Lipinski definition) is 0. The van der Waals surface area contributed by atoms with E-state index in [0.29, 0.717) is 6.42 Å². The average molecular weight is 202 g/mol. The minimum atomic E-state index is -0.936. The predicted octanol–water partition coefficient (Wildman–Crippen LogP) is 1.18. The Morgan fingerprint density at radius 3 is 2.07 bits per heavy atom. The first-order valence-electron chi connectivity index (χ1n) is 4.58. The Morgan fingerprint density at radius 2 is 1.79 bits per heavy atom. The van der Waals surface area contributed by atoms with E-state index >= 15 is 0 Å². The smallest absolute Gasteiger partial charge is 0.316 e. The van der Waals surface area contributed by atoms with Crippen molar-refractivity contribution >= 4 is 11.8 Å². The van der Waals surface area contributed by atoms with Crippen LogP contribution in [0.25, 0.3) is 0 Å². The van der Waals surface area contributed by atoms with Gasteiger partial charge in [-0.1, -0.05) is 6.92 Å². The number of methoxy groups -OCH3 is 2. The lowest BCUT2D eigenvalue weighted by Gasteiger charge is -2.24. The summed E-state index contributed by atoms with van der Waals surface area (Å²) in [6.45, 7) is 5.05. The van der Waals surface area contributed by atoms with Crippen molar-refractivity contribution < 1.29 is 19.1 Å². The van der Waals surface area contributed by atoms with Crippen molar-refractivity contribution in [3.63, 3.8) is 0 Å². The normalized spacial score (nSPS) is 13.5. The van der Waals surface area contributed by atoms with Gasteiger partial charge in [0.05, 0.1) is 7.11 Å². The van der Waals surface area contributed by atoms with Gasteiger partial charge in [0.15, 0.2) is 5.78 Å². The summed E-state index contributed by atoms with van der Waals surface area (Å²) in [5.74, 6) is -1.47. The van der Waals surface area contributed by atoms with E-state index in [0.717, 1.165) is 0 Å². The van der Waals surface area contributed by atoms with Crippen LogP contribution in [0.4, 0.5) is 0 Å². The number of ether oxygens (including phenoxy) is 2. The Morgan fingerprint density at radius 1 is 1.29 bits per heavy atom. The molecule has 0 aromatic heterocycles. The van der Waals surface area contributed by atoms with Crippen LogP contribution < -0.4 is 0 Å². The third-order valence-electron chi connectivity index (χ3n) is 2.31. The largest absolute Gasteiger partial charge is 0.468 e. The van der Waals surface area contributed by atoms with Gasteiger partial charge in [-0.25, -0.2) is 0 Å². The quantitative estimate of drug-likeness (QED) is 0.496. The molecule has 0 bridgehead atoms. The Hall–Kier alpha value is -0.900. The molecule has 0 heterocycles. The van der Waals surface area contributed by atoms with E-state index in [1.807, 2.05) is 0 Å². The van der Waals surface area contributed by atoms with Gasteiger partial charge < -0.3 is 9.47 Å². The van der Waals surface area contributed by atoms with Crippen molar-refractivity contribution in [3.8, 4) is 0 Å². The van der Waals surface area contributed by atoms with Gasteiger partial charge in [-0.3, -0.25) is 9.59 Å². The Kier molecular flexibility index (Phi) is 4.77. The minimum Gasteiger partial charge on any atom is -0.468 e. The van der Waals surface area contributed by atoms with Crippen molar-refractivity contribution in [2.24, 2.45) is 5.92 Å². The molecule has 14 heavy (non-hydrogen) atoms. The lowest BCUT2D eigenvalue weighted by molar-refractivity contribution is -0.156. The second-order valence-electron chi connectivity index (χ2n) is 3.56. The maximum absolute atomic E-state index is 11.8. The molecule has 1 atom stereocenters. The highest BCUT2D eigenvalue weighted by atomic mass is 16.5. The van der Waals surface area contributed by atoms with Gasteiger partial charge in [0.2, 0.25) is 0 Å². The highest BCUT2D eigenvalue weighted by molar-refractivity contribution is 6.02. The van der Waals surface area contributed by atoms with Gasteiger partial charge in [0.1, 0.15) is 11.5 Å². The number of ketones is 1. The van der Waals surface area contributed by atoms with Gasteiger partial charge in [0.25, 0.3) is 0 Å². The van der Waals surface area contributed by atoms with Gasteiger partial charge in [-0.05, 0) is 20.3 Å². The van der Waals surface area contributed by atoms with Crippen molar-refractivity contribution in [3.05, 3.63) is 0 Å². The van der Waals surface area contributed by atoms with E-state index in [2.05, 4.69) is 4.74 Å². The van der Waals surface area contributed by atoms with Crippen molar-refractivity contribution in [1.82, 2.24) is 0 Å². The van der Waals surface area contributed by atoms with Gasteiger partial charge in [-0.2, -0.15) is 0 Å². The molecule has 0 aliphatic carbocycles. The van der Waals surface area contributed by atoms with E-state index in [1.54, 1.807) is 20.8 Å².